The number of amides is 1. The summed E-state index contributed by atoms with van der Waals surface area (Å²) in [5.74, 6) is 1.07. The molecule has 1 aliphatic rings. The van der Waals surface area contributed by atoms with Crippen LogP contribution in [0.25, 0.3) is 0 Å². The molecular formula is C15H16N2O4. The summed E-state index contributed by atoms with van der Waals surface area (Å²) in [4.78, 5) is 11.8. The number of carbonyl (C=O) groups excluding carboxylic acids is 1. The third-order valence-corrected chi connectivity index (χ3v) is 3.41. The van der Waals surface area contributed by atoms with Crippen molar-refractivity contribution in [3.8, 4) is 5.75 Å². The predicted octanol–water partition coefficient (Wildman–Crippen LogP) is 1.38. The molecule has 0 bridgehead atoms. The Hall–Kier alpha value is -2.34. The predicted molar refractivity (Wildman–Crippen MR) is 74.2 cm³/mol. The number of hydrogen-bond donors (Lipinski definition) is 2. The van der Waals surface area contributed by atoms with Gasteiger partial charge in [0.15, 0.2) is 5.69 Å². The highest BCUT2D eigenvalue weighted by molar-refractivity contribution is 5.92. The van der Waals surface area contributed by atoms with Crippen LogP contribution in [0.2, 0.25) is 0 Å². The van der Waals surface area contributed by atoms with Crippen molar-refractivity contribution in [3.63, 3.8) is 0 Å². The van der Waals surface area contributed by atoms with Crippen LogP contribution in [0.3, 0.4) is 0 Å². The van der Waals surface area contributed by atoms with Crippen LogP contribution in [0.4, 0.5) is 0 Å². The lowest BCUT2D eigenvalue weighted by Crippen LogP contribution is -2.28. The molecule has 1 atom stereocenters. The van der Waals surface area contributed by atoms with E-state index in [0.29, 0.717) is 12.4 Å². The molecule has 1 aromatic carbocycles. The average Bonchev–Trinajstić information content (AvgIpc) is 3.12. The van der Waals surface area contributed by atoms with E-state index in [4.69, 9.17) is 9.26 Å². The maximum Gasteiger partial charge on any atom is 0.273 e. The molecule has 2 N–H and O–H groups in total. The molecular weight excluding hydrogens is 272 g/mol. The summed E-state index contributed by atoms with van der Waals surface area (Å²) < 4.78 is 10.3. The summed E-state index contributed by atoms with van der Waals surface area (Å²) in [7, 11) is 0. The van der Waals surface area contributed by atoms with Crippen molar-refractivity contribution in [1.82, 2.24) is 10.5 Å². The van der Waals surface area contributed by atoms with Crippen LogP contribution >= 0.6 is 0 Å². The minimum Gasteiger partial charge on any atom is -0.493 e. The van der Waals surface area contributed by atoms with E-state index in [2.05, 4.69) is 10.5 Å². The first-order valence-corrected chi connectivity index (χ1v) is 6.78. The Morgan fingerprint density at radius 1 is 1.48 bits per heavy atom. The topological polar surface area (TPSA) is 84.6 Å². The number of fused-ring (bicyclic) bond motifs is 1. The first kappa shape index (κ1) is 13.6. The lowest BCUT2D eigenvalue weighted by atomic mass is 10.0. The molecule has 0 saturated heterocycles. The molecule has 0 saturated carbocycles. The van der Waals surface area contributed by atoms with Crippen molar-refractivity contribution in [3.05, 3.63) is 46.8 Å². The summed E-state index contributed by atoms with van der Waals surface area (Å²) in [5, 5.41) is 16.4. The van der Waals surface area contributed by atoms with Gasteiger partial charge in [-0.05, 0) is 30.2 Å². The second kappa shape index (κ2) is 5.57. The van der Waals surface area contributed by atoms with Gasteiger partial charge in [-0.15, -0.1) is 0 Å². The van der Waals surface area contributed by atoms with Gasteiger partial charge in [-0.25, -0.2) is 0 Å². The number of ether oxygens (including phenoxy) is 1. The molecule has 6 nitrogen and oxygen atoms in total. The molecule has 1 aromatic heterocycles. The van der Waals surface area contributed by atoms with Gasteiger partial charge in [-0.1, -0.05) is 11.2 Å². The molecule has 2 aromatic rings. The SMILES string of the molecule is Cc1cc(C(=O)NCC(O)c2ccc3c(c2)CCO3)no1. The number of aryl methyl sites for hydroxylation is 1. The molecule has 1 aliphatic heterocycles. The van der Waals surface area contributed by atoms with Gasteiger partial charge in [-0.2, -0.15) is 0 Å². The first-order valence-electron chi connectivity index (χ1n) is 6.78. The van der Waals surface area contributed by atoms with Crippen LogP contribution in [0.15, 0.2) is 28.8 Å². The van der Waals surface area contributed by atoms with Crippen molar-refractivity contribution in [2.75, 3.05) is 13.2 Å². The number of carbonyl (C=O) groups is 1. The van der Waals surface area contributed by atoms with Crippen LogP contribution in [0.1, 0.15) is 33.5 Å². The van der Waals surface area contributed by atoms with Crippen LogP contribution in [-0.4, -0.2) is 29.3 Å². The number of hydrogen-bond acceptors (Lipinski definition) is 5. The van der Waals surface area contributed by atoms with E-state index >= 15 is 0 Å². The number of benzene rings is 1. The van der Waals surface area contributed by atoms with Gasteiger partial charge in [0.05, 0.1) is 12.7 Å². The van der Waals surface area contributed by atoms with Crippen LogP contribution < -0.4 is 10.1 Å². The third kappa shape index (κ3) is 2.90. The highest BCUT2D eigenvalue weighted by atomic mass is 16.5. The third-order valence-electron chi connectivity index (χ3n) is 3.41. The molecule has 3 rings (SSSR count). The van der Waals surface area contributed by atoms with Gasteiger partial charge in [0.25, 0.3) is 5.91 Å². The standard InChI is InChI=1S/C15H16N2O4/c1-9-6-12(17-21-9)15(19)16-8-13(18)10-2-3-14-11(7-10)4-5-20-14/h2-3,6-7,13,18H,4-5,8H2,1H3,(H,16,19). The van der Waals surface area contributed by atoms with Gasteiger partial charge in [0.2, 0.25) is 0 Å². The van der Waals surface area contributed by atoms with Crippen LogP contribution in [-0.2, 0) is 6.42 Å². The van der Waals surface area contributed by atoms with Crippen molar-refractivity contribution in [1.29, 1.82) is 0 Å². The molecule has 1 amide bonds. The fraction of sp³-hybridized carbons (Fsp3) is 0.333. The lowest BCUT2D eigenvalue weighted by molar-refractivity contribution is 0.0907. The number of aromatic nitrogens is 1. The molecule has 6 heteroatoms. The molecule has 0 aliphatic carbocycles. The molecule has 2 heterocycles. The molecule has 0 fully saturated rings. The summed E-state index contributed by atoms with van der Waals surface area (Å²) in [6.07, 6.45) is 0.0772. The fourth-order valence-corrected chi connectivity index (χ4v) is 2.28. The Morgan fingerprint density at radius 2 is 2.33 bits per heavy atom. The van der Waals surface area contributed by atoms with E-state index < -0.39 is 6.10 Å². The second-order valence-corrected chi connectivity index (χ2v) is 5.01. The Kier molecular flexibility index (Phi) is 3.62. The van der Waals surface area contributed by atoms with E-state index in [1.807, 2.05) is 12.1 Å². The first-order chi connectivity index (χ1) is 10.1. The summed E-state index contributed by atoms with van der Waals surface area (Å²) in [5.41, 5.74) is 2.06. The summed E-state index contributed by atoms with van der Waals surface area (Å²) in [6.45, 7) is 2.51. The fourth-order valence-electron chi connectivity index (χ4n) is 2.28. The quantitative estimate of drug-likeness (QED) is 0.888. The average molecular weight is 288 g/mol. The van der Waals surface area contributed by atoms with E-state index in [0.717, 1.165) is 23.3 Å². The monoisotopic (exact) mass is 288 g/mol. The van der Waals surface area contributed by atoms with Crippen molar-refractivity contribution in [2.24, 2.45) is 0 Å². The van der Waals surface area contributed by atoms with Crippen molar-refractivity contribution >= 4 is 5.91 Å². The van der Waals surface area contributed by atoms with Gasteiger partial charge >= 0.3 is 0 Å². The van der Waals surface area contributed by atoms with E-state index in [1.54, 1.807) is 19.1 Å². The molecule has 21 heavy (non-hydrogen) atoms. The normalized spacial score (nSPS) is 14.4. The Labute approximate surface area is 121 Å². The zero-order valence-corrected chi connectivity index (χ0v) is 11.6. The maximum atomic E-state index is 11.8. The number of rotatable bonds is 4. The van der Waals surface area contributed by atoms with Gasteiger partial charge in [0, 0.05) is 19.0 Å². The number of nitrogens with zero attached hydrogens (tertiary/aromatic N) is 1. The Bertz CT molecular complexity index is 665. The van der Waals surface area contributed by atoms with Crippen LogP contribution in [0, 0.1) is 6.92 Å². The van der Waals surface area contributed by atoms with Gasteiger partial charge < -0.3 is 19.7 Å². The van der Waals surface area contributed by atoms with Crippen LogP contribution in [0.5, 0.6) is 5.75 Å². The van der Waals surface area contributed by atoms with Crippen molar-refractivity contribution in [2.45, 2.75) is 19.4 Å². The number of aliphatic hydroxyl groups is 1. The zero-order valence-electron chi connectivity index (χ0n) is 11.6. The largest absolute Gasteiger partial charge is 0.493 e. The van der Waals surface area contributed by atoms with Gasteiger partial charge in [0.1, 0.15) is 11.5 Å². The van der Waals surface area contributed by atoms with E-state index in [-0.39, 0.29) is 18.1 Å². The highest BCUT2D eigenvalue weighted by Crippen LogP contribution is 2.28. The molecule has 0 spiro atoms. The van der Waals surface area contributed by atoms with Gasteiger partial charge in [-0.3, -0.25) is 4.79 Å². The lowest BCUT2D eigenvalue weighted by Gasteiger charge is -2.12. The second-order valence-electron chi connectivity index (χ2n) is 5.01. The molecule has 110 valence electrons. The maximum absolute atomic E-state index is 11.8. The van der Waals surface area contributed by atoms with E-state index in [1.165, 1.54) is 0 Å². The van der Waals surface area contributed by atoms with E-state index in [9.17, 15) is 9.90 Å². The van der Waals surface area contributed by atoms with Crippen molar-refractivity contribution < 1.29 is 19.2 Å². The highest BCUT2D eigenvalue weighted by Gasteiger charge is 2.17. The molecule has 1 unspecified atom stereocenters. The Morgan fingerprint density at radius 3 is 3.10 bits per heavy atom. The zero-order chi connectivity index (χ0) is 14.8. The minimum absolute atomic E-state index is 0.115. The minimum atomic E-state index is -0.771. The Balaban J connectivity index is 1.61. The molecule has 0 radical (unpaired) electrons. The summed E-state index contributed by atoms with van der Waals surface area (Å²) in [6, 6.07) is 7.12. The number of nitrogens with one attached hydrogen (secondary N) is 1. The summed E-state index contributed by atoms with van der Waals surface area (Å²) >= 11 is 0. The number of aliphatic hydroxyl groups excluding tert-OH is 1. The smallest absolute Gasteiger partial charge is 0.273 e.